The van der Waals surface area contributed by atoms with Crippen molar-refractivity contribution >= 4 is 11.9 Å². The molecule has 1 aliphatic rings. The van der Waals surface area contributed by atoms with Crippen LogP contribution in [0, 0.1) is 5.92 Å². The number of hydrogen-bond acceptors (Lipinski definition) is 4. The van der Waals surface area contributed by atoms with Crippen LogP contribution in [0.5, 0.6) is 0 Å². The molecule has 2 N–H and O–H groups in total. The quantitative estimate of drug-likeness (QED) is 0.785. The fourth-order valence-corrected chi connectivity index (χ4v) is 3.55. The van der Waals surface area contributed by atoms with Gasteiger partial charge in [0.25, 0.3) is 0 Å². The molecule has 0 bridgehead atoms. The number of rotatable bonds is 7. The van der Waals surface area contributed by atoms with Crippen molar-refractivity contribution in [2.24, 2.45) is 5.92 Å². The van der Waals surface area contributed by atoms with E-state index in [9.17, 15) is 14.7 Å². The average Bonchev–Trinajstić information content (AvgIpc) is 2.98. The van der Waals surface area contributed by atoms with Gasteiger partial charge >= 0.3 is 6.09 Å². The average molecular weight is 367 g/mol. The first-order chi connectivity index (χ1) is 13.0. The molecule has 5 heteroatoms. The predicted molar refractivity (Wildman–Crippen MR) is 104 cm³/mol. The van der Waals surface area contributed by atoms with Crippen LogP contribution < -0.4 is 5.32 Å². The fourth-order valence-electron chi connectivity index (χ4n) is 3.55. The summed E-state index contributed by atoms with van der Waals surface area (Å²) in [4.78, 5) is 24.3. The summed E-state index contributed by atoms with van der Waals surface area (Å²) in [7, 11) is 0. The number of carbonyl (C=O) groups excluding carboxylic acids is 2. The lowest BCUT2D eigenvalue weighted by molar-refractivity contribution is -0.122. The SMILES string of the molecule is CC(C)CC(=O)[C@H](CO)NC(=O)OCC1c2ccccc2-c2ccccc21. The Hall–Kier alpha value is -2.66. The van der Waals surface area contributed by atoms with E-state index in [1.807, 2.05) is 50.2 Å². The first-order valence-corrected chi connectivity index (χ1v) is 9.26. The second kappa shape index (κ2) is 8.35. The molecule has 0 aliphatic heterocycles. The zero-order valence-corrected chi connectivity index (χ0v) is 15.6. The molecular weight excluding hydrogens is 342 g/mol. The molecule has 0 saturated heterocycles. The number of aliphatic hydroxyl groups excluding tert-OH is 1. The van der Waals surface area contributed by atoms with Crippen molar-refractivity contribution in [1.82, 2.24) is 5.32 Å². The summed E-state index contributed by atoms with van der Waals surface area (Å²) in [5, 5.41) is 11.9. The highest BCUT2D eigenvalue weighted by atomic mass is 16.5. The number of Topliss-reactive ketones (excluding diaryl/α,β-unsaturated/α-hetero) is 1. The third-order valence-corrected chi connectivity index (χ3v) is 4.82. The molecule has 3 rings (SSSR count). The highest BCUT2D eigenvalue weighted by molar-refractivity contribution is 5.87. The number of benzene rings is 2. The normalized spacial score (nSPS) is 13.8. The topological polar surface area (TPSA) is 75.6 Å². The van der Waals surface area contributed by atoms with E-state index in [0.29, 0.717) is 6.42 Å². The molecule has 142 valence electrons. The van der Waals surface area contributed by atoms with Crippen LogP contribution in [0.4, 0.5) is 4.79 Å². The van der Waals surface area contributed by atoms with E-state index >= 15 is 0 Å². The molecule has 0 saturated carbocycles. The Kier molecular flexibility index (Phi) is 5.91. The van der Waals surface area contributed by atoms with Gasteiger partial charge < -0.3 is 15.2 Å². The van der Waals surface area contributed by atoms with Crippen molar-refractivity contribution in [2.45, 2.75) is 32.2 Å². The van der Waals surface area contributed by atoms with Gasteiger partial charge in [0.1, 0.15) is 12.6 Å². The second-order valence-electron chi connectivity index (χ2n) is 7.27. The Balaban J connectivity index is 1.66. The van der Waals surface area contributed by atoms with Crippen molar-refractivity contribution in [2.75, 3.05) is 13.2 Å². The van der Waals surface area contributed by atoms with Crippen LogP contribution in [0.1, 0.15) is 37.3 Å². The standard InChI is InChI=1S/C22H25NO4/c1-14(2)11-21(25)20(12-24)23-22(26)27-13-19-17-9-5-3-7-15(17)16-8-4-6-10-18(16)19/h3-10,14,19-20,24H,11-13H2,1-2H3,(H,23,26)/t20-/m0/s1. The van der Waals surface area contributed by atoms with Crippen molar-refractivity contribution < 1.29 is 19.4 Å². The minimum absolute atomic E-state index is 0.0397. The van der Waals surface area contributed by atoms with Crippen molar-refractivity contribution in [3.63, 3.8) is 0 Å². The summed E-state index contributed by atoms with van der Waals surface area (Å²) in [6.45, 7) is 3.57. The molecule has 1 atom stereocenters. The molecule has 2 aromatic carbocycles. The van der Waals surface area contributed by atoms with Gasteiger partial charge in [0, 0.05) is 12.3 Å². The molecule has 0 unspecified atom stereocenters. The number of amides is 1. The van der Waals surface area contributed by atoms with Gasteiger partial charge in [-0.15, -0.1) is 0 Å². The van der Waals surface area contributed by atoms with E-state index in [0.717, 1.165) is 22.3 Å². The second-order valence-corrected chi connectivity index (χ2v) is 7.27. The maximum Gasteiger partial charge on any atom is 0.407 e. The van der Waals surface area contributed by atoms with Crippen LogP contribution in [0.2, 0.25) is 0 Å². The maximum absolute atomic E-state index is 12.2. The Morgan fingerprint density at radius 2 is 1.59 bits per heavy atom. The first kappa shape index (κ1) is 19.1. The zero-order chi connectivity index (χ0) is 19.4. The first-order valence-electron chi connectivity index (χ1n) is 9.26. The third-order valence-electron chi connectivity index (χ3n) is 4.82. The van der Waals surface area contributed by atoms with Crippen LogP contribution >= 0.6 is 0 Å². The molecule has 5 nitrogen and oxygen atoms in total. The number of fused-ring (bicyclic) bond motifs is 3. The summed E-state index contributed by atoms with van der Waals surface area (Å²) >= 11 is 0. The van der Waals surface area contributed by atoms with Crippen LogP contribution in [-0.4, -0.2) is 36.2 Å². The summed E-state index contributed by atoms with van der Waals surface area (Å²) < 4.78 is 5.41. The molecule has 1 amide bonds. The summed E-state index contributed by atoms with van der Waals surface area (Å²) in [6.07, 6.45) is -0.387. The van der Waals surface area contributed by atoms with Crippen molar-refractivity contribution in [1.29, 1.82) is 0 Å². The molecule has 0 radical (unpaired) electrons. The lowest BCUT2D eigenvalue weighted by Crippen LogP contribution is -2.44. The summed E-state index contributed by atoms with van der Waals surface area (Å²) in [5.41, 5.74) is 4.56. The van der Waals surface area contributed by atoms with E-state index in [1.54, 1.807) is 0 Å². The largest absolute Gasteiger partial charge is 0.449 e. The van der Waals surface area contributed by atoms with Gasteiger partial charge in [0.05, 0.1) is 6.61 Å². The number of aliphatic hydroxyl groups is 1. The van der Waals surface area contributed by atoms with E-state index < -0.39 is 18.7 Å². The third kappa shape index (κ3) is 4.19. The van der Waals surface area contributed by atoms with Gasteiger partial charge in [-0.05, 0) is 28.2 Å². The molecule has 0 heterocycles. The Morgan fingerprint density at radius 1 is 1.04 bits per heavy atom. The van der Waals surface area contributed by atoms with Crippen LogP contribution in [0.25, 0.3) is 11.1 Å². The van der Waals surface area contributed by atoms with Gasteiger partial charge in [0.15, 0.2) is 5.78 Å². The zero-order valence-electron chi connectivity index (χ0n) is 15.6. The number of ether oxygens (including phenoxy) is 1. The minimum Gasteiger partial charge on any atom is -0.449 e. The Labute approximate surface area is 159 Å². The molecule has 0 aromatic heterocycles. The van der Waals surface area contributed by atoms with Crippen LogP contribution in [-0.2, 0) is 9.53 Å². The van der Waals surface area contributed by atoms with E-state index in [2.05, 4.69) is 17.4 Å². The van der Waals surface area contributed by atoms with Gasteiger partial charge in [-0.3, -0.25) is 4.79 Å². The fraction of sp³-hybridized carbons (Fsp3) is 0.364. The van der Waals surface area contributed by atoms with E-state index in [1.165, 1.54) is 0 Å². The molecule has 0 fully saturated rings. The number of alkyl carbamates (subject to hydrolysis) is 1. The number of ketones is 1. The smallest absolute Gasteiger partial charge is 0.407 e. The Bertz CT molecular complexity index is 785. The van der Waals surface area contributed by atoms with Gasteiger partial charge in [-0.25, -0.2) is 4.79 Å². The van der Waals surface area contributed by atoms with E-state index in [-0.39, 0.29) is 24.2 Å². The molecular formula is C22H25NO4. The van der Waals surface area contributed by atoms with Gasteiger partial charge in [-0.2, -0.15) is 0 Å². The molecule has 27 heavy (non-hydrogen) atoms. The Morgan fingerprint density at radius 3 is 2.11 bits per heavy atom. The predicted octanol–water partition coefficient (Wildman–Crippen LogP) is 3.50. The lowest BCUT2D eigenvalue weighted by atomic mass is 9.98. The highest BCUT2D eigenvalue weighted by Crippen LogP contribution is 2.44. The lowest BCUT2D eigenvalue weighted by Gasteiger charge is -2.18. The molecule has 1 aliphatic carbocycles. The minimum atomic E-state index is -0.928. The van der Waals surface area contributed by atoms with Crippen LogP contribution in [0.15, 0.2) is 48.5 Å². The molecule has 2 aromatic rings. The van der Waals surface area contributed by atoms with Crippen molar-refractivity contribution in [3.8, 4) is 11.1 Å². The summed E-state index contributed by atoms with van der Waals surface area (Å²) in [6, 6.07) is 15.3. The highest BCUT2D eigenvalue weighted by Gasteiger charge is 2.29. The van der Waals surface area contributed by atoms with Gasteiger partial charge in [0.2, 0.25) is 0 Å². The number of hydrogen-bond donors (Lipinski definition) is 2. The maximum atomic E-state index is 12.2. The van der Waals surface area contributed by atoms with E-state index in [4.69, 9.17) is 4.74 Å². The van der Waals surface area contributed by atoms with Crippen molar-refractivity contribution in [3.05, 3.63) is 59.7 Å². The monoisotopic (exact) mass is 367 g/mol. The van der Waals surface area contributed by atoms with Crippen LogP contribution in [0.3, 0.4) is 0 Å². The molecule has 0 spiro atoms. The number of carbonyl (C=O) groups is 2. The number of nitrogens with one attached hydrogen (secondary N) is 1. The summed E-state index contributed by atoms with van der Waals surface area (Å²) in [5.74, 6) is -0.0704. The van der Waals surface area contributed by atoms with Gasteiger partial charge in [-0.1, -0.05) is 62.4 Å².